The highest BCUT2D eigenvalue weighted by Gasteiger charge is 2.35. The van der Waals surface area contributed by atoms with Crippen LogP contribution in [-0.2, 0) is 4.74 Å². The molecule has 3 nitrogen and oxygen atoms in total. The molecule has 3 heteroatoms. The van der Waals surface area contributed by atoms with Gasteiger partial charge in [-0.1, -0.05) is 6.42 Å². The molecule has 1 heterocycles. The summed E-state index contributed by atoms with van der Waals surface area (Å²) in [5, 5.41) is 0. The monoisotopic (exact) mass is 240 g/mol. The first-order valence-corrected chi connectivity index (χ1v) is 7.32. The zero-order valence-corrected chi connectivity index (χ0v) is 11.3. The Hall–Kier alpha value is -0.120. The lowest BCUT2D eigenvalue weighted by Gasteiger charge is -2.43. The summed E-state index contributed by atoms with van der Waals surface area (Å²) in [5.74, 6) is 0. The van der Waals surface area contributed by atoms with Gasteiger partial charge in [0.1, 0.15) is 0 Å². The second kappa shape index (κ2) is 6.17. The third-order valence-electron chi connectivity index (χ3n) is 4.67. The maximum Gasteiger partial charge on any atom is 0.0702 e. The van der Waals surface area contributed by atoms with Gasteiger partial charge in [-0.2, -0.15) is 0 Å². The van der Waals surface area contributed by atoms with E-state index >= 15 is 0 Å². The lowest BCUT2D eigenvalue weighted by atomic mass is 9.66. The first-order valence-electron chi connectivity index (χ1n) is 7.32. The standard InChI is InChI=1S/C14H28N2O/c1-2-17-13-5-3-9-16(11-13)10-8-14(12-15)6-4-7-14/h13H,2-12,15H2,1H3. The Bertz CT molecular complexity index is 221. The van der Waals surface area contributed by atoms with E-state index in [1.165, 1.54) is 51.6 Å². The molecule has 0 bridgehead atoms. The number of hydrogen-bond donors (Lipinski definition) is 1. The second-order valence-electron chi connectivity index (χ2n) is 5.83. The molecular weight excluding hydrogens is 212 g/mol. The fourth-order valence-electron chi connectivity index (χ4n) is 3.22. The van der Waals surface area contributed by atoms with Gasteiger partial charge in [0.15, 0.2) is 0 Å². The average Bonchev–Trinajstić information content (AvgIpc) is 2.29. The normalized spacial score (nSPS) is 28.9. The summed E-state index contributed by atoms with van der Waals surface area (Å²) in [4.78, 5) is 2.58. The largest absolute Gasteiger partial charge is 0.377 e. The van der Waals surface area contributed by atoms with Gasteiger partial charge in [-0.3, -0.25) is 0 Å². The van der Waals surface area contributed by atoms with Crippen LogP contribution in [0.25, 0.3) is 0 Å². The zero-order chi connectivity index (χ0) is 12.1. The first-order chi connectivity index (χ1) is 8.28. The fraction of sp³-hybridized carbons (Fsp3) is 1.00. The van der Waals surface area contributed by atoms with E-state index in [1.54, 1.807) is 0 Å². The Labute approximate surface area is 106 Å². The average molecular weight is 240 g/mol. The molecule has 1 saturated carbocycles. The molecule has 2 aliphatic rings. The van der Waals surface area contributed by atoms with Gasteiger partial charge in [0.05, 0.1) is 6.10 Å². The van der Waals surface area contributed by atoms with Gasteiger partial charge in [-0.15, -0.1) is 0 Å². The van der Waals surface area contributed by atoms with Crippen LogP contribution >= 0.6 is 0 Å². The summed E-state index contributed by atoms with van der Waals surface area (Å²) in [6, 6.07) is 0. The van der Waals surface area contributed by atoms with E-state index in [-0.39, 0.29) is 0 Å². The van der Waals surface area contributed by atoms with Crippen molar-refractivity contribution < 1.29 is 4.74 Å². The molecule has 1 atom stereocenters. The molecule has 100 valence electrons. The number of piperidine rings is 1. The second-order valence-corrected chi connectivity index (χ2v) is 5.83. The Morgan fingerprint density at radius 1 is 1.35 bits per heavy atom. The van der Waals surface area contributed by atoms with Crippen LogP contribution in [0.3, 0.4) is 0 Å². The highest BCUT2D eigenvalue weighted by atomic mass is 16.5. The zero-order valence-electron chi connectivity index (χ0n) is 11.3. The van der Waals surface area contributed by atoms with Gasteiger partial charge in [0.2, 0.25) is 0 Å². The molecular formula is C14H28N2O. The molecule has 0 radical (unpaired) electrons. The van der Waals surface area contributed by atoms with Crippen LogP contribution in [0.5, 0.6) is 0 Å². The summed E-state index contributed by atoms with van der Waals surface area (Å²) in [7, 11) is 0. The van der Waals surface area contributed by atoms with E-state index in [2.05, 4.69) is 11.8 Å². The number of nitrogens with zero attached hydrogens (tertiary/aromatic N) is 1. The lowest BCUT2D eigenvalue weighted by molar-refractivity contribution is -0.00114. The topological polar surface area (TPSA) is 38.5 Å². The number of nitrogens with two attached hydrogens (primary N) is 1. The maximum absolute atomic E-state index is 5.92. The predicted molar refractivity (Wildman–Crippen MR) is 71.0 cm³/mol. The molecule has 1 saturated heterocycles. The van der Waals surface area contributed by atoms with E-state index < -0.39 is 0 Å². The molecule has 0 aromatic carbocycles. The van der Waals surface area contributed by atoms with Crippen LogP contribution in [0.4, 0.5) is 0 Å². The molecule has 2 rings (SSSR count). The van der Waals surface area contributed by atoms with Crippen LogP contribution in [0, 0.1) is 5.41 Å². The minimum Gasteiger partial charge on any atom is -0.377 e. The minimum absolute atomic E-state index is 0.476. The van der Waals surface area contributed by atoms with Crippen molar-refractivity contribution in [2.45, 2.75) is 51.6 Å². The van der Waals surface area contributed by atoms with Crippen LogP contribution in [0.2, 0.25) is 0 Å². The molecule has 0 spiro atoms. The molecule has 2 fully saturated rings. The van der Waals surface area contributed by atoms with Crippen molar-refractivity contribution in [1.82, 2.24) is 4.90 Å². The van der Waals surface area contributed by atoms with Crippen molar-refractivity contribution in [2.75, 3.05) is 32.8 Å². The van der Waals surface area contributed by atoms with E-state index in [0.717, 1.165) is 19.7 Å². The van der Waals surface area contributed by atoms with Crippen molar-refractivity contribution in [3.8, 4) is 0 Å². The highest BCUT2D eigenvalue weighted by molar-refractivity contribution is 4.89. The number of likely N-dealkylation sites (tertiary alicyclic amines) is 1. The molecule has 1 aliphatic carbocycles. The van der Waals surface area contributed by atoms with Gasteiger partial charge in [-0.25, -0.2) is 0 Å². The minimum atomic E-state index is 0.476. The Kier molecular flexibility index (Phi) is 4.83. The molecule has 2 N–H and O–H groups in total. The summed E-state index contributed by atoms with van der Waals surface area (Å²) in [6.07, 6.45) is 8.40. The molecule has 0 amide bonds. The van der Waals surface area contributed by atoms with Gasteiger partial charge >= 0.3 is 0 Å². The summed E-state index contributed by atoms with van der Waals surface area (Å²) in [6.45, 7) is 7.44. The van der Waals surface area contributed by atoms with Crippen molar-refractivity contribution in [1.29, 1.82) is 0 Å². The Morgan fingerprint density at radius 2 is 2.18 bits per heavy atom. The van der Waals surface area contributed by atoms with Crippen LogP contribution < -0.4 is 5.73 Å². The quantitative estimate of drug-likeness (QED) is 0.772. The lowest BCUT2D eigenvalue weighted by Crippen LogP contribution is -2.44. The third kappa shape index (κ3) is 3.43. The molecule has 0 aromatic heterocycles. The molecule has 1 aliphatic heterocycles. The van der Waals surface area contributed by atoms with Crippen molar-refractivity contribution in [3.05, 3.63) is 0 Å². The highest BCUT2D eigenvalue weighted by Crippen LogP contribution is 2.43. The number of hydrogen-bond acceptors (Lipinski definition) is 3. The molecule has 17 heavy (non-hydrogen) atoms. The van der Waals surface area contributed by atoms with Crippen molar-refractivity contribution in [3.63, 3.8) is 0 Å². The van der Waals surface area contributed by atoms with Crippen molar-refractivity contribution in [2.24, 2.45) is 11.1 Å². The van der Waals surface area contributed by atoms with Gasteiger partial charge in [0, 0.05) is 13.2 Å². The van der Waals surface area contributed by atoms with E-state index in [4.69, 9.17) is 10.5 Å². The van der Waals surface area contributed by atoms with Crippen LogP contribution in [-0.4, -0.2) is 43.8 Å². The van der Waals surface area contributed by atoms with E-state index in [1.807, 2.05) is 0 Å². The Morgan fingerprint density at radius 3 is 2.76 bits per heavy atom. The molecule has 0 aromatic rings. The van der Waals surface area contributed by atoms with Gasteiger partial charge in [-0.05, 0) is 64.1 Å². The predicted octanol–water partition coefficient (Wildman–Crippen LogP) is 2.01. The summed E-state index contributed by atoms with van der Waals surface area (Å²) in [5.41, 5.74) is 6.41. The summed E-state index contributed by atoms with van der Waals surface area (Å²) >= 11 is 0. The fourth-order valence-corrected chi connectivity index (χ4v) is 3.22. The van der Waals surface area contributed by atoms with Crippen LogP contribution in [0.1, 0.15) is 45.4 Å². The third-order valence-corrected chi connectivity index (χ3v) is 4.67. The maximum atomic E-state index is 5.92. The van der Waals surface area contributed by atoms with Crippen molar-refractivity contribution >= 4 is 0 Å². The van der Waals surface area contributed by atoms with Gasteiger partial charge in [0.25, 0.3) is 0 Å². The first kappa shape index (κ1) is 13.3. The number of ether oxygens (including phenoxy) is 1. The van der Waals surface area contributed by atoms with Gasteiger partial charge < -0.3 is 15.4 Å². The van der Waals surface area contributed by atoms with E-state index in [0.29, 0.717) is 11.5 Å². The molecule has 1 unspecified atom stereocenters. The van der Waals surface area contributed by atoms with E-state index in [9.17, 15) is 0 Å². The van der Waals surface area contributed by atoms with Crippen LogP contribution in [0.15, 0.2) is 0 Å². The summed E-state index contributed by atoms with van der Waals surface area (Å²) < 4.78 is 5.75. The smallest absolute Gasteiger partial charge is 0.0702 e. The number of rotatable bonds is 6. The Balaban J connectivity index is 1.71. The SMILES string of the molecule is CCOC1CCCN(CCC2(CN)CCC2)C1.